The SMILES string of the molecule is CCOc1ccccc1OC(=O)c1ccoc1. The summed E-state index contributed by atoms with van der Waals surface area (Å²) in [7, 11) is 0. The summed E-state index contributed by atoms with van der Waals surface area (Å²) in [5, 5.41) is 0. The smallest absolute Gasteiger partial charge is 0.346 e. The normalized spacial score (nSPS) is 9.94. The average molecular weight is 232 g/mol. The van der Waals surface area contributed by atoms with Gasteiger partial charge in [-0.1, -0.05) is 12.1 Å². The van der Waals surface area contributed by atoms with Crippen LogP contribution in [0.2, 0.25) is 0 Å². The van der Waals surface area contributed by atoms with Crippen molar-refractivity contribution < 1.29 is 18.7 Å². The van der Waals surface area contributed by atoms with Crippen molar-refractivity contribution in [1.29, 1.82) is 0 Å². The first kappa shape index (κ1) is 11.3. The Hall–Kier alpha value is -2.23. The highest BCUT2D eigenvalue weighted by atomic mass is 16.6. The number of ether oxygens (including phenoxy) is 2. The van der Waals surface area contributed by atoms with Crippen LogP contribution in [0.15, 0.2) is 47.3 Å². The van der Waals surface area contributed by atoms with E-state index < -0.39 is 5.97 Å². The lowest BCUT2D eigenvalue weighted by Gasteiger charge is -2.09. The van der Waals surface area contributed by atoms with Crippen molar-refractivity contribution in [3.05, 3.63) is 48.4 Å². The van der Waals surface area contributed by atoms with Gasteiger partial charge in [-0.05, 0) is 25.1 Å². The summed E-state index contributed by atoms with van der Waals surface area (Å²) in [5.41, 5.74) is 0.372. The maximum Gasteiger partial charge on any atom is 0.346 e. The first-order chi connectivity index (χ1) is 8.31. The van der Waals surface area contributed by atoms with Crippen LogP contribution < -0.4 is 9.47 Å². The van der Waals surface area contributed by atoms with E-state index in [2.05, 4.69) is 0 Å². The molecule has 0 aliphatic rings. The summed E-state index contributed by atoms with van der Waals surface area (Å²) in [4.78, 5) is 11.7. The number of benzene rings is 1. The lowest BCUT2D eigenvalue weighted by atomic mass is 10.3. The second-order valence-electron chi connectivity index (χ2n) is 3.28. The minimum Gasteiger partial charge on any atom is -0.490 e. The van der Waals surface area contributed by atoms with Gasteiger partial charge in [-0.3, -0.25) is 0 Å². The van der Waals surface area contributed by atoms with Gasteiger partial charge >= 0.3 is 5.97 Å². The van der Waals surface area contributed by atoms with Crippen molar-refractivity contribution in [3.63, 3.8) is 0 Å². The highest BCUT2D eigenvalue weighted by Crippen LogP contribution is 2.27. The standard InChI is InChI=1S/C13H12O4/c1-2-16-11-5-3-4-6-12(11)17-13(14)10-7-8-15-9-10/h3-9H,2H2,1H3. The molecule has 0 fully saturated rings. The number of esters is 1. The topological polar surface area (TPSA) is 48.7 Å². The van der Waals surface area contributed by atoms with E-state index in [1.165, 1.54) is 12.5 Å². The van der Waals surface area contributed by atoms with Gasteiger partial charge in [-0.25, -0.2) is 4.79 Å². The van der Waals surface area contributed by atoms with Gasteiger partial charge < -0.3 is 13.9 Å². The van der Waals surface area contributed by atoms with Crippen LogP contribution in [0, 0.1) is 0 Å². The molecule has 0 amide bonds. The highest BCUT2D eigenvalue weighted by molar-refractivity contribution is 5.90. The highest BCUT2D eigenvalue weighted by Gasteiger charge is 2.12. The number of rotatable bonds is 4. The molecule has 1 aromatic heterocycles. The van der Waals surface area contributed by atoms with Crippen molar-refractivity contribution in [2.75, 3.05) is 6.61 Å². The molecule has 88 valence electrons. The van der Waals surface area contributed by atoms with E-state index in [1.54, 1.807) is 24.3 Å². The van der Waals surface area contributed by atoms with E-state index in [0.717, 1.165) is 0 Å². The molecule has 0 atom stereocenters. The Kier molecular flexibility index (Phi) is 3.45. The Bertz CT molecular complexity index is 488. The van der Waals surface area contributed by atoms with Gasteiger partial charge in [0.2, 0.25) is 0 Å². The molecule has 0 N–H and O–H groups in total. The van der Waals surface area contributed by atoms with Crippen LogP contribution in [0.5, 0.6) is 11.5 Å². The number of para-hydroxylation sites is 2. The molecular formula is C13H12O4. The fraction of sp³-hybridized carbons (Fsp3) is 0.154. The summed E-state index contributed by atoms with van der Waals surface area (Å²) in [6.07, 6.45) is 2.76. The number of hydrogen-bond acceptors (Lipinski definition) is 4. The van der Waals surface area contributed by atoms with Gasteiger partial charge in [0.15, 0.2) is 11.5 Å². The van der Waals surface area contributed by atoms with Crippen molar-refractivity contribution >= 4 is 5.97 Å². The summed E-state index contributed by atoms with van der Waals surface area (Å²) >= 11 is 0. The van der Waals surface area contributed by atoms with Crippen LogP contribution in [0.25, 0.3) is 0 Å². The Morgan fingerprint density at radius 2 is 2.00 bits per heavy atom. The Labute approximate surface area is 98.8 Å². The van der Waals surface area contributed by atoms with Crippen LogP contribution in [0.1, 0.15) is 17.3 Å². The number of furan rings is 1. The summed E-state index contributed by atoms with van der Waals surface area (Å²) in [6.45, 7) is 2.38. The number of hydrogen-bond donors (Lipinski definition) is 0. The number of carbonyl (C=O) groups is 1. The van der Waals surface area contributed by atoms with Crippen molar-refractivity contribution in [1.82, 2.24) is 0 Å². The fourth-order valence-corrected chi connectivity index (χ4v) is 1.35. The maximum absolute atomic E-state index is 11.7. The van der Waals surface area contributed by atoms with Crippen molar-refractivity contribution in [2.24, 2.45) is 0 Å². The zero-order valence-electron chi connectivity index (χ0n) is 9.38. The zero-order valence-corrected chi connectivity index (χ0v) is 9.38. The molecule has 0 spiro atoms. The molecule has 1 heterocycles. The van der Waals surface area contributed by atoms with E-state index in [1.807, 2.05) is 13.0 Å². The Morgan fingerprint density at radius 3 is 2.65 bits per heavy atom. The molecule has 0 radical (unpaired) electrons. The molecule has 0 aliphatic heterocycles. The second kappa shape index (κ2) is 5.21. The molecule has 4 heteroatoms. The molecule has 0 bridgehead atoms. The molecule has 2 rings (SSSR count). The van der Waals surface area contributed by atoms with E-state index in [0.29, 0.717) is 23.7 Å². The largest absolute Gasteiger partial charge is 0.490 e. The molecular weight excluding hydrogens is 220 g/mol. The second-order valence-corrected chi connectivity index (χ2v) is 3.28. The van der Waals surface area contributed by atoms with E-state index in [9.17, 15) is 4.79 Å². The minimum atomic E-state index is -0.467. The van der Waals surface area contributed by atoms with Crippen LogP contribution >= 0.6 is 0 Å². The molecule has 0 aliphatic carbocycles. The van der Waals surface area contributed by atoms with Crippen LogP contribution in [-0.2, 0) is 0 Å². The molecule has 0 saturated heterocycles. The van der Waals surface area contributed by atoms with Crippen LogP contribution in [0.3, 0.4) is 0 Å². The summed E-state index contributed by atoms with van der Waals surface area (Å²) < 4.78 is 15.4. The molecule has 1 aromatic carbocycles. The number of carbonyl (C=O) groups excluding carboxylic acids is 1. The zero-order chi connectivity index (χ0) is 12.1. The van der Waals surface area contributed by atoms with Crippen LogP contribution in [0.4, 0.5) is 0 Å². The fourth-order valence-electron chi connectivity index (χ4n) is 1.35. The van der Waals surface area contributed by atoms with E-state index in [4.69, 9.17) is 13.9 Å². The molecule has 0 saturated carbocycles. The molecule has 2 aromatic rings. The summed E-state index contributed by atoms with van der Waals surface area (Å²) in [5.74, 6) is 0.485. The third kappa shape index (κ3) is 2.66. The van der Waals surface area contributed by atoms with E-state index in [-0.39, 0.29) is 0 Å². The average Bonchev–Trinajstić information content (AvgIpc) is 2.85. The lowest BCUT2D eigenvalue weighted by Crippen LogP contribution is -2.08. The maximum atomic E-state index is 11.7. The molecule has 4 nitrogen and oxygen atoms in total. The summed E-state index contributed by atoms with van der Waals surface area (Å²) in [6, 6.07) is 8.58. The van der Waals surface area contributed by atoms with Gasteiger partial charge in [-0.2, -0.15) is 0 Å². The van der Waals surface area contributed by atoms with Gasteiger partial charge in [-0.15, -0.1) is 0 Å². The van der Waals surface area contributed by atoms with E-state index >= 15 is 0 Å². The minimum absolute atomic E-state index is 0.372. The van der Waals surface area contributed by atoms with Crippen LogP contribution in [-0.4, -0.2) is 12.6 Å². The van der Waals surface area contributed by atoms with Crippen molar-refractivity contribution in [3.8, 4) is 11.5 Å². The van der Waals surface area contributed by atoms with Crippen molar-refractivity contribution in [2.45, 2.75) is 6.92 Å². The quantitative estimate of drug-likeness (QED) is 0.600. The van der Waals surface area contributed by atoms with Gasteiger partial charge in [0.05, 0.1) is 18.4 Å². The predicted octanol–water partition coefficient (Wildman–Crippen LogP) is 2.90. The third-order valence-corrected chi connectivity index (χ3v) is 2.11. The first-order valence-corrected chi connectivity index (χ1v) is 5.27. The monoisotopic (exact) mass is 232 g/mol. The molecule has 17 heavy (non-hydrogen) atoms. The Balaban J connectivity index is 2.15. The predicted molar refractivity (Wildman–Crippen MR) is 61.3 cm³/mol. The van der Waals surface area contributed by atoms with Gasteiger partial charge in [0.25, 0.3) is 0 Å². The Morgan fingerprint density at radius 1 is 1.24 bits per heavy atom. The third-order valence-electron chi connectivity index (χ3n) is 2.11. The lowest BCUT2D eigenvalue weighted by molar-refractivity contribution is 0.0727. The molecule has 0 unspecified atom stereocenters. The first-order valence-electron chi connectivity index (χ1n) is 5.27. The van der Waals surface area contributed by atoms with Gasteiger partial charge in [0.1, 0.15) is 6.26 Å². The van der Waals surface area contributed by atoms with Gasteiger partial charge in [0, 0.05) is 0 Å².